The van der Waals surface area contributed by atoms with Gasteiger partial charge in [-0.25, -0.2) is 4.99 Å². The van der Waals surface area contributed by atoms with E-state index in [1.807, 2.05) is 55.1 Å². The molecule has 0 aliphatic carbocycles. The number of rotatable bonds is 4. The van der Waals surface area contributed by atoms with Crippen LogP contribution >= 0.6 is 0 Å². The van der Waals surface area contributed by atoms with Gasteiger partial charge >= 0.3 is 0 Å². The number of H-pyrrole nitrogens is 1. The average molecular weight is 412 g/mol. The van der Waals surface area contributed by atoms with Crippen molar-refractivity contribution in [3.8, 4) is 0 Å². The van der Waals surface area contributed by atoms with E-state index in [-0.39, 0.29) is 11.8 Å². The highest BCUT2D eigenvalue weighted by atomic mass is 16.1. The second-order valence-electron chi connectivity index (χ2n) is 8.91. The monoisotopic (exact) mass is 411 g/mol. The van der Waals surface area contributed by atoms with Gasteiger partial charge in [-0.05, 0) is 79.0 Å². The zero-order valence-corrected chi connectivity index (χ0v) is 17.3. The minimum atomic E-state index is -0.541. The van der Waals surface area contributed by atoms with Gasteiger partial charge in [-0.2, -0.15) is 0 Å². The number of amides is 1. The van der Waals surface area contributed by atoms with E-state index in [9.17, 15) is 4.79 Å². The molecular weight excluding hydrogens is 386 g/mol. The summed E-state index contributed by atoms with van der Waals surface area (Å²) in [6, 6.07) is 12.0. The van der Waals surface area contributed by atoms with Crippen molar-refractivity contribution >= 4 is 28.7 Å². The lowest BCUT2D eigenvalue weighted by atomic mass is 9.70. The molecule has 4 aliphatic rings. The SMILES string of the molecule is O=C1N=C(C2C3CCN(CC3)C2Cc2cccnc2)C=NC1c1ccc2[nH]ccc2c1. The first-order valence-electron chi connectivity index (χ1n) is 11.1. The van der Waals surface area contributed by atoms with Gasteiger partial charge in [0.1, 0.15) is 0 Å². The third-order valence-corrected chi connectivity index (χ3v) is 7.20. The maximum atomic E-state index is 13.1. The van der Waals surface area contributed by atoms with Gasteiger partial charge in [0.15, 0.2) is 6.04 Å². The van der Waals surface area contributed by atoms with Gasteiger partial charge in [-0.15, -0.1) is 0 Å². The number of benzene rings is 1. The fraction of sp³-hybridized carbons (Fsp3) is 0.360. The summed E-state index contributed by atoms with van der Waals surface area (Å²) in [4.78, 5) is 32.4. The number of nitrogens with one attached hydrogen (secondary N) is 1. The minimum Gasteiger partial charge on any atom is -0.361 e. The predicted octanol–water partition coefficient (Wildman–Crippen LogP) is 3.61. The van der Waals surface area contributed by atoms with Crippen LogP contribution in [-0.2, 0) is 11.2 Å². The molecule has 3 fully saturated rings. The number of piperidine rings is 3. The van der Waals surface area contributed by atoms with Crippen LogP contribution in [0.25, 0.3) is 10.9 Å². The third-order valence-electron chi connectivity index (χ3n) is 7.20. The van der Waals surface area contributed by atoms with Crippen molar-refractivity contribution in [3.05, 3.63) is 66.1 Å². The van der Waals surface area contributed by atoms with Gasteiger partial charge in [0.05, 0.1) is 5.71 Å². The number of aliphatic imine (C=N–C) groups is 2. The Morgan fingerprint density at radius 2 is 2.03 bits per heavy atom. The van der Waals surface area contributed by atoms with E-state index in [4.69, 9.17) is 4.99 Å². The third kappa shape index (κ3) is 3.31. The molecule has 2 aromatic heterocycles. The highest BCUT2D eigenvalue weighted by molar-refractivity contribution is 6.35. The van der Waals surface area contributed by atoms with E-state index in [1.165, 1.54) is 18.4 Å². The van der Waals surface area contributed by atoms with Gasteiger partial charge < -0.3 is 4.98 Å². The molecule has 0 spiro atoms. The van der Waals surface area contributed by atoms with Crippen LogP contribution in [0, 0.1) is 11.8 Å². The first-order chi connectivity index (χ1) is 15.3. The normalized spacial score (nSPS) is 30.0. The molecule has 0 saturated carbocycles. The lowest BCUT2D eigenvalue weighted by Crippen LogP contribution is -2.58. The van der Waals surface area contributed by atoms with Crippen LogP contribution in [0.4, 0.5) is 0 Å². The quantitative estimate of drug-likeness (QED) is 0.713. The van der Waals surface area contributed by atoms with Crippen LogP contribution in [0.5, 0.6) is 0 Å². The Bertz CT molecular complexity index is 1170. The first-order valence-corrected chi connectivity index (χ1v) is 11.1. The zero-order valence-electron chi connectivity index (χ0n) is 17.3. The van der Waals surface area contributed by atoms with E-state index in [0.717, 1.165) is 41.7 Å². The van der Waals surface area contributed by atoms with Crippen molar-refractivity contribution in [1.82, 2.24) is 14.9 Å². The molecule has 3 aromatic rings. The predicted molar refractivity (Wildman–Crippen MR) is 121 cm³/mol. The van der Waals surface area contributed by atoms with Crippen LogP contribution in [-0.4, -0.2) is 51.8 Å². The van der Waals surface area contributed by atoms with Gasteiger partial charge in [-0.3, -0.25) is 19.7 Å². The molecule has 1 amide bonds. The fourth-order valence-corrected chi connectivity index (χ4v) is 5.67. The first kappa shape index (κ1) is 18.6. The number of hydrogen-bond acceptors (Lipinski definition) is 4. The summed E-state index contributed by atoms with van der Waals surface area (Å²) in [5.41, 5.74) is 4.07. The number of pyridine rings is 1. The van der Waals surface area contributed by atoms with E-state index in [2.05, 4.69) is 25.9 Å². The molecule has 6 heteroatoms. The Labute approximate surface area is 181 Å². The Morgan fingerprint density at radius 1 is 1.13 bits per heavy atom. The van der Waals surface area contributed by atoms with Crippen molar-refractivity contribution in [3.63, 3.8) is 0 Å². The Hall–Kier alpha value is -3.12. The summed E-state index contributed by atoms with van der Waals surface area (Å²) >= 11 is 0. The van der Waals surface area contributed by atoms with E-state index >= 15 is 0 Å². The topological polar surface area (TPSA) is 73.7 Å². The Balaban J connectivity index is 1.28. The van der Waals surface area contributed by atoms with E-state index in [1.54, 1.807) is 0 Å². The highest BCUT2D eigenvalue weighted by Crippen LogP contribution is 2.40. The molecule has 4 aliphatic heterocycles. The molecule has 31 heavy (non-hydrogen) atoms. The van der Waals surface area contributed by atoms with Crippen molar-refractivity contribution in [1.29, 1.82) is 0 Å². The lowest BCUT2D eigenvalue weighted by Gasteiger charge is -2.51. The molecule has 3 atom stereocenters. The molecule has 6 heterocycles. The van der Waals surface area contributed by atoms with Crippen molar-refractivity contribution in [2.45, 2.75) is 31.3 Å². The molecule has 0 radical (unpaired) electrons. The number of aromatic nitrogens is 2. The maximum Gasteiger partial charge on any atom is 0.275 e. The molecular formula is C25H25N5O. The molecule has 156 valence electrons. The number of aromatic amines is 1. The Kier molecular flexibility index (Phi) is 4.53. The molecule has 3 saturated heterocycles. The largest absolute Gasteiger partial charge is 0.361 e. The van der Waals surface area contributed by atoms with Crippen LogP contribution in [0.2, 0.25) is 0 Å². The van der Waals surface area contributed by atoms with Crippen LogP contribution in [0.15, 0.2) is 65.0 Å². The number of hydrogen-bond donors (Lipinski definition) is 1. The molecule has 1 aromatic carbocycles. The van der Waals surface area contributed by atoms with Gasteiger partial charge in [0.2, 0.25) is 0 Å². The van der Waals surface area contributed by atoms with Gasteiger partial charge in [-0.1, -0.05) is 12.1 Å². The van der Waals surface area contributed by atoms with E-state index in [0.29, 0.717) is 12.0 Å². The summed E-state index contributed by atoms with van der Waals surface area (Å²) in [7, 11) is 0. The fourth-order valence-electron chi connectivity index (χ4n) is 5.67. The zero-order chi connectivity index (χ0) is 20.8. The summed E-state index contributed by atoms with van der Waals surface area (Å²) < 4.78 is 0. The standard InChI is InChI=1S/C25H25N5O/c31-25-24(19-3-4-20-18(13-19)5-9-27-20)28-15-21(29-25)23-17-6-10-30(11-7-17)22(23)12-16-2-1-8-26-14-16/h1-5,8-9,13-15,17,22-24,27H,6-7,10-12H2. The number of nitrogens with zero attached hydrogens (tertiary/aromatic N) is 4. The highest BCUT2D eigenvalue weighted by Gasteiger charge is 2.45. The van der Waals surface area contributed by atoms with Crippen LogP contribution < -0.4 is 0 Å². The summed E-state index contributed by atoms with van der Waals surface area (Å²) in [5.74, 6) is 0.671. The number of carbonyl (C=O) groups is 1. The van der Waals surface area contributed by atoms with Gasteiger partial charge in [0, 0.05) is 42.3 Å². The molecule has 3 unspecified atom stereocenters. The number of carbonyl (C=O) groups excluding carboxylic acids is 1. The lowest BCUT2D eigenvalue weighted by molar-refractivity contribution is -0.119. The van der Waals surface area contributed by atoms with Crippen molar-refractivity contribution < 1.29 is 4.79 Å². The second kappa shape index (κ2) is 7.54. The maximum absolute atomic E-state index is 13.1. The summed E-state index contributed by atoms with van der Waals surface area (Å²) in [6.07, 6.45) is 10.8. The van der Waals surface area contributed by atoms with Gasteiger partial charge in [0.25, 0.3) is 5.91 Å². The van der Waals surface area contributed by atoms with Crippen molar-refractivity contribution in [2.24, 2.45) is 21.8 Å². The molecule has 2 bridgehead atoms. The molecule has 1 N–H and O–H groups in total. The van der Waals surface area contributed by atoms with E-state index < -0.39 is 6.04 Å². The summed E-state index contributed by atoms with van der Waals surface area (Å²) in [6.45, 7) is 2.26. The van der Waals surface area contributed by atoms with Crippen LogP contribution in [0.3, 0.4) is 0 Å². The van der Waals surface area contributed by atoms with Crippen molar-refractivity contribution in [2.75, 3.05) is 13.1 Å². The minimum absolute atomic E-state index is 0.149. The Morgan fingerprint density at radius 3 is 2.84 bits per heavy atom. The molecule has 7 rings (SSSR count). The van der Waals surface area contributed by atoms with Crippen LogP contribution in [0.1, 0.15) is 30.0 Å². The average Bonchev–Trinajstić information content (AvgIpc) is 3.28. The molecule has 6 nitrogen and oxygen atoms in total. The smallest absolute Gasteiger partial charge is 0.275 e. The number of fused-ring (bicyclic) bond motifs is 4. The second-order valence-corrected chi connectivity index (χ2v) is 8.91. The summed E-state index contributed by atoms with van der Waals surface area (Å²) in [5, 5.41) is 1.09.